The molecule has 4 rings (SSSR count). The van der Waals surface area contributed by atoms with Gasteiger partial charge in [-0.2, -0.15) is 0 Å². The van der Waals surface area contributed by atoms with E-state index in [0.717, 1.165) is 15.8 Å². The average molecular weight is 780 g/mol. The monoisotopic (exact) mass is 778 g/mol. The number of benzene rings is 2. The molecule has 2 aromatic heterocycles. The summed E-state index contributed by atoms with van der Waals surface area (Å²) in [5.74, 6) is 0.881. The molecule has 0 aliphatic rings. The average Bonchev–Trinajstić information content (AvgIpc) is 3.40. The van der Waals surface area contributed by atoms with Crippen molar-refractivity contribution in [3.8, 4) is 5.82 Å². The van der Waals surface area contributed by atoms with E-state index in [1.807, 2.05) is 26.8 Å². The number of nitrogens with zero attached hydrogens (tertiary/aromatic N) is 4. The molecule has 2 N–H and O–H groups in total. The lowest BCUT2D eigenvalue weighted by atomic mass is 10.2. The first-order valence-corrected chi connectivity index (χ1v) is 18.2. The fraction of sp³-hybridized carbons (Fsp3) is 0.400. The number of halogens is 2. The number of hydrogen-bond acceptors (Lipinski definition) is 10. The molecule has 0 spiro atoms. The van der Waals surface area contributed by atoms with Crippen LogP contribution in [0.1, 0.15) is 62.3 Å². The topological polar surface area (TPSA) is 171 Å². The van der Waals surface area contributed by atoms with Gasteiger partial charge < -0.3 is 19.5 Å². The Morgan fingerprint density at radius 1 is 0.827 bits per heavy atom. The van der Waals surface area contributed by atoms with Gasteiger partial charge in [-0.15, -0.1) is 10.2 Å². The maximum Gasteiger partial charge on any atom is 0.419 e. The second-order valence-electron chi connectivity index (χ2n) is 14.3. The number of carbonyl (C=O) groups excluding carboxylic acids is 3. The van der Waals surface area contributed by atoms with Crippen LogP contribution in [0.2, 0.25) is 10.0 Å². The highest BCUT2D eigenvalue weighted by atomic mass is 35.5. The molecule has 2 aromatic carbocycles. The van der Waals surface area contributed by atoms with Gasteiger partial charge in [0.2, 0.25) is 6.41 Å². The van der Waals surface area contributed by atoms with Crippen LogP contribution in [0.25, 0.3) is 16.7 Å². The third-order valence-corrected chi connectivity index (χ3v) is 8.07. The van der Waals surface area contributed by atoms with Crippen LogP contribution in [0.3, 0.4) is 0 Å². The molecule has 0 unspecified atom stereocenters. The van der Waals surface area contributed by atoms with E-state index < -0.39 is 33.4 Å². The predicted octanol–water partition coefficient (Wildman–Crippen LogP) is 8.07. The zero-order valence-corrected chi connectivity index (χ0v) is 32.8. The van der Waals surface area contributed by atoms with E-state index in [4.69, 9.17) is 37.4 Å². The van der Waals surface area contributed by atoms with Crippen molar-refractivity contribution < 1.29 is 37.0 Å². The van der Waals surface area contributed by atoms with E-state index in [0.29, 0.717) is 23.7 Å². The van der Waals surface area contributed by atoms with Crippen molar-refractivity contribution in [1.82, 2.24) is 19.7 Å². The van der Waals surface area contributed by atoms with Crippen LogP contribution in [0.4, 0.5) is 21.1 Å². The molecule has 52 heavy (non-hydrogen) atoms. The summed E-state index contributed by atoms with van der Waals surface area (Å²) in [7, 11) is -3.87. The SMILES string of the molecule is CC(C)(C)OCCN(C(=O)OC(C)(C)C)C(=O)OC(C)(C)C.O=CNc1ccc(-n2ccc3cc(NS(=O)(=O)c4cc(Cl)cc(Cl)c4)ccc32)nn1. The number of rotatable bonds is 9. The van der Waals surface area contributed by atoms with Crippen LogP contribution in [-0.2, 0) is 29.0 Å². The number of anilines is 2. The number of fused-ring (bicyclic) bond motifs is 1. The molecule has 0 fully saturated rings. The fourth-order valence-electron chi connectivity index (χ4n) is 4.23. The standard InChI is InChI=1S/C19H13Cl2N5O3S.C16H31NO5/c20-13-8-14(21)10-16(9-13)30(28,29)25-15-1-2-17-12(7-15)5-6-26(17)19-4-3-18(22-11-27)23-24-19;1-14(2,3)20-11-10-17(12(18)21-15(4,5)6)13(19)22-16(7,8)9/h1-11,25H,(H,22,23,27);10-11H2,1-9H3. The maximum absolute atomic E-state index is 12.7. The zero-order chi connectivity index (χ0) is 39.1. The molecule has 2 heterocycles. The molecule has 0 atom stereocenters. The van der Waals surface area contributed by atoms with Gasteiger partial charge in [-0.3, -0.25) is 14.1 Å². The van der Waals surface area contributed by atoms with Crippen LogP contribution in [0.15, 0.2) is 65.7 Å². The van der Waals surface area contributed by atoms with Crippen LogP contribution in [0, 0.1) is 0 Å². The number of amides is 3. The molecule has 0 aliphatic carbocycles. The summed E-state index contributed by atoms with van der Waals surface area (Å²) in [5, 5.41) is 11.7. The molecule has 0 saturated carbocycles. The molecule has 4 aromatic rings. The Hall–Kier alpha value is -4.44. The van der Waals surface area contributed by atoms with Crippen molar-refractivity contribution in [2.45, 2.75) is 84.0 Å². The van der Waals surface area contributed by atoms with Gasteiger partial charge in [-0.1, -0.05) is 23.2 Å². The lowest BCUT2D eigenvalue weighted by Gasteiger charge is -2.29. The van der Waals surface area contributed by atoms with Gasteiger partial charge in [0.15, 0.2) is 11.6 Å². The van der Waals surface area contributed by atoms with Crippen molar-refractivity contribution >= 4 is 74.2 Å². The van der Waals surface area contributed by atoms with E-state index >= 15 is 0 Å². The largest absolute Gasteiger partial charge is 0.443 e. The van der Waals surface area contributed by atoms with Crippen LogP contribution in [-0.4, -0.2) is 76.6 Å². The first-order valence-electron chi connectivity index (χ1n) is 16.0. The third kappa shape index (κ3) is 13.3. The second kappa shape index (κ2) is 16.9. The Kier molecular flexibility index (Phi) is 13.7. The number of aromatic nitrogens is 3. The number of hydrogen-bond donors (Lipinski definition) is 2. The van der Waals surface area contributed by atoms with Gasteiger partial charge in [0.05, 0.1) is 29.2 Å². The number of nitrogens with one attached hydrogen (secondary N) is 2. The van der Waals surface area contributed by atoms with Crippen LogP contribution in [0.5, 0.6) is 0 Å². The quantitative estimate of drug-likeness (QED) is 0.158. The van der Waals surface area contributed by atoms with E-state index in [-0.39, 0.29) is 33.7 Å². The molecule has 14 nitrogen and oxygen atoms in total. The molecule has 0 aliphatic heterocycles. The first kappa shape index (κ1) is 42.0. The summed E-state index contributed by atoms with van der Waals surface area (Å²) >= 11 is 11.8. The third-order valence-electron chi connectivity index (χ3n) is 6.27. The van der Waals surface area contributed by atoms with E-state index in [1.54, 1.807) is 82.6 Å². The molecule has 17 heteroatoms. The Morgan fingerprint density at radius 3 is 1.92 bits per heavy atom. The summed E-state index contributed by atoms with van der Waals surface area (Å²) in [5.41, 5.74) is -0.556. The lowest BCUT2D eigenvalue weighted by molar-refractivity contribution is -0.105. The lowest BCUT2D eigenvalue weighted by Crippen LogP contribution is -2.45. The number of sulfonamides is 1. The fourth-order valence-corrected chi connectivity index (χ4v) is 6.00. The van der Waals surface area contributed by atoms with Gasteiger partial charge in [0.1, 0.15) is 11.2 Å². The minimum atomic E-state index is -3.87. The minimum Gasteiger partial charge on any atom is -0.443 e. The van der Waals surface area contributed by atoms with Gasteiger partial charge >= 0.3 is 12.2 Å². The van der Waals surface area contributed by atoms with Crippen molar-refractivity contribution in [3.05, 3.63) is 70.8 Å². The molecular weight excluding hydrogens is 735 g/mol. The summed E-state index contributed by atoms with van der Waals surface area (Å²) in [6.45, 7) is 16.4. The Morgan fingerprint density at radius 2 is 1.42 bits per heavy atom. The molecular formula is C35H44Cl2N6O8S. The van der Waals surface area contributed by atoms with E-state index in [1.165, 1.54) is 18.2 Å². The Bertz CT molecular complexity index is 1940. The molecule has 3 amide bonds. The molecule has 0 saturated heterocycles. The highest BCUT2D eigenvalue weighted by Gasteiger charge is 2.31. The molecule has 0 radical (unpaired) electrons. The number of ether oxygens (including phenoxy) is 3. The minimum absolute atomic E-state index is 0.0306. The molecule has 282 valence electrons. The second-order valence-corrected chi connectivity index (χ2v) is 16.8. The highest BCUT2D eigenvalue weighted by molar-refractivity contribution is 7.92. The number of carbonyl (C=O) groups is 3. The van der Waals surface area contributed by atoms with Gasteiger partial charge in [-0.25, -0.2) is 22.9 Å². The van der Waals surface area contributed by atoms with Crippen molar-refractivity contribution in [2.75, 3.05) is 23.2 Å². The first-order chi connectivity index (χ1) is 24.0. The summed E-state index contributed by atoms with van der Waals surface area (Å²) < 4.78 is 45.7. The van der Waals surface area contributed by atoms with Crippen molar-refractivity contribution in [3.63, 3.8) is 0 Å². The van der Waals surface area contributed by atoms with Crippen molar-refractivity contribution in [2.24, 2.45) is 0 Å². The van der Waals surface area contributed by atoms with Crippen molar-refractivity contribution in [1.29, 1.82) is 0 Å². The smallest absolute Gasteiger partial charge is 0.419 e. The van der Waals surface area contributed by atoms with Gasteiger partial charge in [0, 0.05) is 27.3 Å². The van der Waals surface area contributed by atoms with Gasteiger partial charge in [0.25, 0.3) is 10.0 Å². The maximum atomic E-state index is 12.7. The predicted molar refractivity (Wildman–Crippen MR) is 201 cm³/mol. The zero-order valence-electron chi connectivity index (χ0n) is 30.5. The van der Waals surface area contributed by atoms with Gasteiger partial charge in [-0.05, 0) is 117 Å². The van der Waals surface area contributed by atoms with E-state index in [9.17, 15) is 22.8 Å². The summed E-state index contributed by atoms with van der Waals surface area (Å²) in [6, 6.07) is 14.4. The summed E-state index contributed by atoms with van der Waals surface area (Å²) in [4.78, 5) is 35.8. The van der Waals surface area contributed by atoms with Crippen LogP contribution < -0.4 is 10.0 Å². The Labute approximate surface area is 313 Å². The highest BCUT2D eigenvalue weighted by Crippen LogP contribution is 2.27. The number of imide groups is 1. The Balaban J connectivity index is 0.000000297. The van der Waals surface area contributed by atoms with E-state index in [2.05, 4.69) is 20.2 Å². The van der Waals surface area contributed by atoms with Crippen LogP contribution >= 0.6 is 23.2 Å². The summed E-state index contributed by atoms with van der Waals surface area (Å²) in [6.07, 6.45) is 0.837. The normalized spacial score (nSPS) is 12.0. The molecule has 0 bridgehead atoms.